The average Bonchev–Trinajstić information content (AvgIpc) is 2.17. The van der Waals surface area contributed by atoms with Crippen LogP contribution in [0.3, 0.4) is 0 Å². The topological polar surface area (TPSA) is 29.5 Å². The van der Waals surface area contributed by atoms with Crippen LogP contribution in [-0.4, -0.2) is 37.1 Å². The summed E-state index contributed by atoms with van der Waals surface area (Å²) in [6.07, 6.45) is 5.63. The van der Waals surface area contributed by atoms with Crippen molar-refractivity contribution in [3.8, 4) is 0 Å². The minimum atomic E-state index is -0.469. The standard InChI is InChI=1S/C15H23NO2/c1-11-8-7-9-12(13(11)10-16(5)6)14(17)18-15(2,3)4/h7-9,13H,1,10H2,2-6H3. The van der Waals surface area contributed by atoms with Crippen LogP contribution in [0.5, 0.6) is 0 Å². The SMILES string of the molecule is C=C1C=CC=C(C(=O)OC(C)(C)C)C1CN(C)C. The first-order valence-corrected chi connectivity index (χ1v) is 6.16. The fourth-order valence-corrected chi connectivity index (χ4v) is 1.84. The van der Waals surface area contributed by atoms with Crippen molar-refractivity contribution in [2.75, 3.05) is 20.6 Å². The third-order valence-electron chi connectivity index (χ3n) is 2.59. The van der Waals surface area contributed by atoms with E-state index in [-0.39, 0.29) is 11.9 Å². The zero-order valence-electron chi connectivity index (χ0n) is 12.0. The molecule has 1 rings (SSSR count). The maximum absolute atomic E-state index is 12.2. The summed E-state index contributed by atoms with van der Waals surface area (Å²) in [6.45, 7) is 10.4. The van der Waals surface area contributed by atoms with E-state index in [0.29, 0.717) is 5.57 Å². The van der Waals surface area contributed by atoms with Crippen LogP contribution in [0.4, 0.5) is 0 Å². The molecule has 1 aliphatic rings. The normalized spacial score (nSPS) is 20.0. The molecule has 100 valence electrons. The van der Waals surface area contributed by atoms with Gasteiger partial charge in [-0.1, -0.05) is 24.8 Å². The Bertz CT molecular complexity index is 397. The second-order valence-corrected chi connectivity index (χ2v) is 5.87. The van der Waals surface area contributed by atoms with Crippen LogP contribution in [-0.2, 0) is 9.53 Å². The van der Waals surface area contributed by atoms with Gasteiger partial charge < -0.3 is 9.64 Å². The molecule has 0 heterocycles. The van der Waals surface area contributed by atoms with Gasteiger partial charge in [0.05, 0.1) is 0 Å². The molecule has 0 amide bonds. The van der Waals surface area contributed by atoms with Crippen LogP contribution < -0.4 is 0 Å². The van der Waals surface area contributed by atoms with E-state index in [2.05, 4.69) is 6.58 Å². The van der Waals surface area contributed by atoms with Crippen LogP contribution >= 0.6 is 0 Å². The first-order chi connectivity index (χ1) is 8.20. The molecule has 18 heavy (non-hydrogen) atoms. The number of nitrogens with zero attached hydrogens (tertiary/aromatic N) is 1. The quantitative estimate of drug-likeness (QED) is 0.720. The maximum atomic E-state index is 12.2. The molecule has 0 aromatic rings. The summed E-state index contributed by atoms with van der Waals surface area (Å²) in [7, 11) is 3.97. The molecule has 0 aromatic carbocycles. The van der Waals surface area contributed by atoms with Gasteiger partial charge in [0.1, 0.15) is 5.60 Å². The molecule has 0 spiro atoms. The van der Waals surface area contributed by atoms with Gasteiger partial charge in [-0.3, -0.25) is 0 Å². The van der Waals surface area contributed by atoms with Gasteiger partial charge in [0.15, 0.2) is 0 Å². The number of carbonyl (C=O) groups is 1. The van der Waals surface area contributed by atoms with Crippen LogP contribution in [0.1, 0.15) is 20.8 Å². The lowest BCUT2D eigenvalue weighted by Crippen LogP contribution is -2.32. The molecular formula is C15H23NO2. The molecule has 0 saturated heterocycles. The highest BCUT2D eigenvalue weighted by Crippen LogP contribution is 2.27. The second-order valence-electron chi connectivity index (χ2n) is 5.87. The number of hydrogen-bond acceptors (Lipinski definition) is 3. The monoisotopic (exact) mass is 249 g/mol. The van der Waals surface area contributed by atoms with Gasteiger partial charge in [-0.05, 0) is 40.4 Å². The molecule has 1 unspecified atom stereocenters. The van der Waals surface area contributed by atoms with Gasteiger partial charge in [0.25, 0.3) is 0 Å². The number of allylic oxidation sites excluding steroid dienone is 3. The Morgan fingerprint density at radius 3 is 2.56 bits per heavy atom. The summed E-state index contributed by atoms with van der Waals surface area (Å²) in [4.78, 5) is 14.2. The average molecular weight is 249 g/mol. The molecule has 1 aliphatic carbocycles. The molecule has 0 saturated carbocycles. The van der Waals surface area contributed by atoms with Crippen molar-refractivity contribution in [2.24, 2.45) is 5.92 Å². The molecule has 3 heteroatoms. The second kappa shape index (κ2) is 5.53. The molecule has 0 radical (unpaired) electrons. The van der Waals surface area contributed by atoms with Crippen molar-refractivity contribution in [3.05, 3.63) is 36.0 Å². The highest BCUT2D eigenvalue weighted by Gasteiger charge is 2.28. The molecule has 0 N–H and O–H groups in total. The number of carbonyl (C=O) groups excluding carboxylic acids is 1. The van der Waals surface area contributed by atoms with Gasteiger partial charge >= 0.3 is 5.97 Å². The van der Waals surface area contributed by atoms with E-state index in [4.69, 9.17) is 4.74 Å². The fourth-order valence-electron chi connectivity index (χ4n) is 1.84. The number of hydrogen-bond donors (Lipinski definition) is 0. The minimum Gasteiger partial charge on any atom is -0.457 e. The highest BCUT2D eigenvalue weighted by molar-refractivity contribution is 5.91. The molecule has 0 aliphatic heterocycles. The van der Waals surface area contributed by atoms with E-state index < -0.39 is 5.60 Å². The summed E-state index contributed by atoms with van der Waals surface area (Å²) >= 11 is 0. The Labute approximate surface area is 110 Å². The van der Waals surface area contributed by atoms with Gasteiger partial charge in [-0.2, -0.15) is 0 Å². The van der Waals surface area contributed by atoms with E-state index in [1.165, 1.54) is 0 Å². The van der Waals surface area contributed by atoms with Crippen molar-refractivity contribution < 1.29 is 9.53 Å². The number of ether oxygens (including phenoxy) is 1. The van der Waals surface area contributed by atoms with Gasteiger partial charge in [0.2, 0.25) is 0 Å². The molecule has 3 nitrogen and oxygen atoms in total. The van der Waals surface area contributed by atoms with Crippen molar-refractivity contribution in [1.29, 1.82) is 0 Å². The van der Waals surface area contributed by atoms with Crippen LogP contribution in [0.2, 0.25) is 0 Å². The van der Waals surface area contributed by atoms with E-state index in [1.807, 2.05) is 58.0 Å². The Kier molecular flexibility index (Phi) is 4.52. The van der Waals surface area contributed by atoms with E-state index in [0.717, 1.165) is 12.1 Å². The summed E-state index contributed by atoms with van der Waals surface area (Å²) in [5.41, 5.74) is 1.17. The zero-order chi connectivity index (χ0) is 13.9. The summed E-state index contributed by atoms with van der Waals surface area (Å²) in [5.74, 6) is -0.236. The molecular weight excluding hydrogens is 226 g/mol. The number of rotatable bonds is 3. The lowest BCUT2D eigenvalue weighted by Gasteiger charge is -2.28. The fraction of sp³-hybridized carbons (Fsp3) is 0.533. The molecule has 0 fully saturated rings. The summed E-state index contributed by atoms with van der Waals surface area (Å²) in [6, 6.07) is 0. The Morgan fingerprint density at radius 1 is 1.44 bits per heavy atom. The van der Waals surface area contributed by atoms with Crippen molar-refractivity contribution in [2.45, 2.75) is 26.4 Å². The highest BCUT2D eigenvalue weighted by atomic mass is 16.6. The van der Waals surface area contributed by atoms with Crippen LogP contribution in [0, 0.1) is 5.92 Å². The van der Waals surface area contributed by atoms with Gasteiger partial charge in [-0.15, -0.1) is 0 Å². The predicted octanol–water partition coefficient (Wildman–Crippen LogP) is 2.56. The van der Waals surface area contributed by atoms with Crippen LogP contribution in [0.25, 0.3) is 0 Å². The summed E-state index contributed by atoms with van der Waals surface area (Å²) < 4.78 is 5.44. The molecule has 0 aromatic heterocycles. The minimum absolute atomic E-state index is 0.0137. The first kappa shape index (κ1) is 14.7. The smallest absolute Gasteiger partial charge is 0.335 e. The third-order valence-corrected chi connectivity index (χ3v) is 2.59. The zero-order valence-corrected chi connectivity index (χ0v) is 12.0. The largest absolute Gasteiger partial charge is 0.457 e. The van der Waals surface area contributed by atoms with Crippen LogP contribution in [0.15, 0.2) is 36.0 Å². The maximum Gasteiger partial charge on any atom is 0.335 e. The first-order valence-electron chi connectivity index (χ1n) is 6.16. The molecule has 0 bridgehead atoms. The van der Waals surface area contributed by atoms with Crippen molar-refractivity contribution in [3.63, 3.8) is 0 Å². The summed E-state index contributed by atoms with van der Waals surface area (Å²) in [5, 5.41) is 0. The third kappa shape index (κ3) is 4.15. The van der Waals surface area contributed by atoms with E-state index >= 15 is 0 Å². The number of esters is 1. The Hall–Kier alpha value is -1.35. The van der Waals surface area contributed by atoms with Gasteiger partial charge in [-0.25, -0.2) is 4.79 Å². The van der Waals surface area contributed by atoms with Crippen molar-refractivity contribution in [1.82, 2.24) is 4.90 Å². The predicted molar refractivity (Wildman–Crippen MR) is 74.3 cm³/mol. The lowest BCUT2D eigenvalue weighted by atomic mass is 9.87. The Morgan fingerprint density at radius 2 is 2.06 bits per heavy atom. The van der Waals surface area contributed by atoms with Gasteiger partial charge in [0, 0.05) is 18.0 Å². The molecule has 1 atom stereocenters. The van der Waals surface area contributed by atoms with Crippen molar-refractivity contribution >= 4 is 5.97 Å². The lowest BCUT2D eigenvalue weighted by molar-refractivity contribution is -0.150. The van der Waals surface area contributed by atoms with E-state index in [9.17, 15) is 4.79 Å². The Balaban J connectivity index is 2.89. The van der Waals surface area contributed by atoms with E-state index in [1.54, 1.807) is 0 Å².